The minimum absolute atomic E-state index is 0.156. The zero-order chi connectivity index (χ0) is 12.7. The number of nitrogens with zero attached hydrogens (tertiary/aromatic N) is 1. The van der Waals surface area contributed by atoms with E-state index in [-0.39, 0.29) is 24.2 Å². The van der Waals surface area contributed by atoms with Crippen LogP contribution in [0.25, 0.3) is 0 Å². The number of fused-ring (bicyclic) bond motifs is 2. The topological polar surface area (TPSA) is 49.8 Å². The van der Waals surface area contributed by atoms with E-state index in [9.17, 15) is 9.90 Å². The number of hydrogen-bond donors (Lipinski definition) is 1. The second kappa shape index (κ2) is 4.82. The number of carbonyl (C=O) groups excluding carboxylic acids is 1. The first-order valence-corrected chi connectivity index (χ1v) is 7.27. The zero-order valence-corrected chi connectivity index (χ0v) is 11.0. The summed E-state index contributed by atoms with van der Waals surface area (Å²) in [5, 5.41) is 10.1. The van der Waals surface area contributed by atoms with Crippen LogP contribution in [0, 0.1) is 11.8 Å². The minimum atomic E-state index is -0.226. The molecule has 18 heavy (non-hydrogen) atoms. The largest absolute Gasteiger partial charge is 0.392 e. The van der Waals surface area contributed by atoms with Gasteiger partial charge in [0.05, 0.1) is 12.2 Å². The van der Waals surface area contributed by atoms with Crippen molar-refractivity contribution in [1.29, 1.82) is 0 Å². The van der Waals surface area contributed by atoms with Gasteiger partial charge < -0.3 is 14.7 Å². The van der Waals surface area contributed by atoms with Gasteiger partial charge in [0, 0.05) is 24.9 Å². The Balaban J connectivity index is 1.65. The summed E-state index contributed by atoms with van der Waals surface area (Å²) >= 11 is 0. The molecule has 0 aromatic carbocycles. The van der Waals surface area contributed by atoms with Crippen molar-refractivity contribution in [3.05, 3.63) is 0 Å². The number of piperidine rings is 1. The number of likely N-dealkylation sites (tertiary alicyclic amines) is 1. The van der Waals surface area contributed by atoms with Gasteiger partial charge in [-0.15, -0.1) is 0 Å². The number of amides is 1. The highest BCUT2D eigenvalue weighted by Crippen LogP contribution is 2.35. The molecular weight excluding hydrogens is 230 g/mol. The van der Waals surface area contributed by atoms with Gasteiger partial charge in [-0.1, -0.05) is 6.42 Å². The van der Waals surface area contributed by atoms with Gasteiger partial charge in [-0.05, 0) is 32.6 Å². The summed E-state index contributed by atoms with van der Waals surface area (Å²) in [7, 11) is 0. The standard InChI is InChI=1S/C14H23NO3/c1-9-5-6-12(18-9)14(17)15-7-10-3-2-4-11(8-15)13(10)16/h9-13,16H,2-8H2,1H3/t9-,10-,11+,12-,13?/m0/s1. The lowest BCUT2D eigenvalue weighted by Crippen LogP contribution is -2.55. The van der Waals surface area contributed by atoms with Crippen LogP contribution >= 0.6 is 0 Å². The summed E-state index contributed by atoms with van der Waals surface area (Å²) in [6, 6.07) is 0. The number of aliphatic hydroxyl groups is 1. The van der Waals surface area contributed by atoms with Crippen LogP contribution < -0.4 is 0 Å². The Hall–Kier alpha value is -0.610. The quantitative estimate of drug-likeness (QED) is 0.763. The maximum absolute atomic E-state index is 12.4. The van der Waals surface area contributed by atoms with Crippen LogP contribution in [0.5, 0.6) is 0 Å². The van der Waals surface area contributed by atoms with Gasteiger partial charge in [0.2, 0.25) is 0 Å². The smallest absolute Gasteiger partial charge is 0.251 e. The Morgan fingerprint density at radius 3 is 2.39 bits per heavy atom. The van der Waals surface area contributed by atoms with Crippen molar-refractivity contribution < 1.29 is 14.6 Å². The number of rotatable bonds is 1. The normalized spacial score (nSPS) is 44.1. The highest BCUT2D eigenvalue weighted by atomic mass is 16.5. The SMILES string of the molecule is C[C@H]1CC[C@@H](C(=O)N2C[C@H]3CCC[C@@H](C2)C3O)O1. The third-order valence-corrected chi connectivity index (χ3v) is 4.84. The molecule has 3 fully saturated rings. The van der Waals surface area contributed by atoms with E-state index < -0.39 is 0 Å². The fraction of sp³-hybridized carbons (Fsp3) is 0.929. The molecule has 102 valence electrons. The molecule has 3 rings (SSSR count). The van der Waals surface area contributed by atoms with Crippen LogP contribution in [0.3, 0.4) is 0 Å². The highest BCUT2D eigenvalue weighted by molar-refractivity contribution is 5.81. The van der Waals surface area contributed by atoms with E-state index in [2.05, 4.69) is 0 Å². The second-order valence-electron chi connectivity index (χ2n) is 6.20. The number of carbonyl (C=O) groups is 1. The van der Waals surface area contributed by atoms with Crippen molar-refractivity contribution in [2.45, 2.75) is 57.3 Å². The van der Waals surface area contributed by atoms with Gasteiger partial charge >= 0.3 is 0 Å². The van der Waals surface area contributed by atoms with Gasteiger partial charge in [-0.25, -0.2) is 0 Å². The Bertz CT molecular complexity index is 319. The molecule has 1 saturated carbocycles. The fourth-order valence-electron chi connectivity index (χ4n) is 3.78. The molecule has 2 bridgehead atoms. The first kappa shape index (κ1) is 12.4. The summed E-state index contributed by atoms with van der Waals surface area (Å²) < 4.78 is 5.67. The second-order valence-corrected chi connectivity index (χ2v) is 6.20. The highest BCUT2D eigenvalue weighted by Gasteiger charge is 2.42. The first-order chi connectivity index (χ1) is 8.65. The molecule has 1 aliphatic carbocycles. The molecule has 1 unspecified atom stereocenters. The molecule has 0 radical (unpaired) electrons. The van der Waals surface area contributed by atoms with Crippen LogP contribution in [0.15, 0.2) is 0 Å². The van der Waals surface area contributed by atoms with E-state index in [1.165, 1.54) is 6.42 Å². The van der Waals surface area contributed by atoms with Crippen LogP contribution in [0.2, 0.25) is 0 Å². The van der Waals surface area contributed by atoms with E-state index in [4.69, 9.17) is 4.74 Å². The monoisotopic (exact) mass is 253 g/mol. The van der Waals surface area contributed by atoms with Crippen molar-refractivity contribution >= 4 is 5.91 Å². The molecule has 5 atom stereocenters. The molecule has 2 heterocycles. The van der Waals surface area contributed by atoms with Crippen LogP contribution in [-0.2, 0) is 9.53 Å². The average Bonchev–Trinajstić information content (AvgIpc) is 2.74. The van der Waals surface area contributed by atoms with Crippen LogP contribution in [0.4, 0.5) is 0 Å². The number of aliphatic hydroxyl groups excluding tert-OH is 1. The first-order valence-electron chi connectivity index (χ1n) is 7.27. The predicted molar refractivity (Wildman–Crippen MR) is 67.0 cm³/mol. The number of ether oxygens (including phenoxy) is 1. The van der Waals surface area contributed by atoms with E-state index in [1.54, 1.807) is 0 Å². The lowest BCUT2D eigenvalue weighted by atomic mass is 9.75. The molecule has 2 saturated heterocycles. The molecule has 0 spiro atoms. The molecule has 0 aromatic heterocycles. The fourth-order valence-corrected chi connectivity index (χ4v) is 3.78. The molecule has 3 aliphatic rings. The molecule has 2 aliphatic heterocycles. The molecule has 0 aromatic rings. The summed E-state index contributed by atoms with van der Waals surface area (Å²) in [6.45, 7) is 3.48. The Labute approximate surface area is 108 Å². The predicted octanol–water partition coefficient (Wildman–Crippen LogP) is 1.17. The zero-order valence-electron chi connectivity index (χ0n) is 11.0. The summed E-state index contributed by atoms with van der Waals surface area (Å²) in [5.74, 6) is 0.740. The summed E-state index contributed by atoms with van der Waals surface area (Å²) in [4.78, 5) is 14.4. The minimum Gasteiger partial charge on any atom is -0.392 e. The molecule has 4 heteroatoms. The van der Waals surface area contributed by atoms with Gasteiger partial charge in [-0.2, -0.15) is 0 Å². The average molecular weight is 253 g/mol. The van der Waals surface area contributed by atoms with E-state index in [0.29, 0.717) is 11.8 Å². The van der Waals surface area contributed by atoms with Gasteiger partial charge in [0.15, 0.2) is 0 Å². The van der Waals surface area contributed by atoms with Gasteiger partial charge in [0.1, 0.15) is 6.10 Å². The maximum Gasteiger partial charge on any atom is 0.251 e. The Morgan fingerprint density at radius 2 is 1.83 bits per heavy atom. The van der Waals surface area contributed by atoms with Crippen molar-refractivity contribution in [3.8, 4) is 0 Å². The van der Waals surface area contributed by atoms with Crippen molar-refractivity contribution in [2.24, 2.45) is 11.8 Å². The third-order valence-electron chi connectivity index (χ3n) is 4.84. The third kappa shape index (κ3) is 2.16. The lowest BCUT2D eigenvalue weighted by molar-refractivity contribution is -0.150. The molecule has 4 nitrogen and oxygen atoms in total. The Morgan fingerprint density at radius 1 is 1.17 bits per heavy atom. The van der Waals surface area contributed by atoms with Crippen LogP contribution in [0.1, 0.15) is 39.0 Å². The van der Waals surface area contributed by atoms with E-state index >= 15 is 0 Å². The number of hydrogen-bond acceptors (Lipinski definition) is 3. The summed E-state index contributed by atoms with van der Waals surface area (Å²) in [6.07, 6.45) is 4.96. The van der Waals surface area contributed by atoms with Crippen molar-refractivity contribution in [3.63, 3.8) is 0 Å². The molecule has 1 N–H and O–H groups in total. The van der Waals surface area contributed by atoms with Gasteiger partial charge in [0.25, 0.3) is 5.91 Å². The van der Waals surface area contributed by atoms with Crippen molar-refractivity contribution in [2.75, 3.05) is 13.1 Å². The molecule has 1 amide bonds. The summed E-state index contributed by atoms with van der Waals surface area (Å²) in [5.41, 5.74) is 0. The van der Waals surface area contributed by atoms with Crippen molar-refractivity contribution in [1.82, 2.24) is 4.90 Å². The maximum atomic E-state index is 12.4. The van der Waals surface area contributed by atoms with E-state index in [1.807, 2.05) is 11.8 Å². The van der Waals surface area contributed by atoms with Crippen LogP contribution in [-0.4, -0.2) is 47.3 Å². The molecular formula is C14H23NO3. The Kier molecular flexibility index (Phi) is 3.32. The lowest BCUT2D eigenvalue weighted by Gasteiger charge is -2.45. The van der Waals surface area contributed by atoms with E-state index in [0.717, 1.165) is 38.8 Å². The van der Waals surface area contributed by atoms with Gasteiger partial charge in [-0.3, -0.25) is 4.79 Å².